The van der Waals surface area contributed by atoms with Crippen LogP contribution < -0.4 is 16.2 Å². The maximum atomic E-state index is 12.0. The number of carbonyl (C=O) groups is 1. The highest BCUT2D eigenvalue weighted by Gasteiger charge is 2.19. The molecule has 7 nitrogen and oxygen atoms in total. The van der Waals surface area contributed by atoms with Gasteiger partial charge in [0.15, 0.2) is 0 Å². The molecule has 1 aromatic heterocycles. The third kappa shape index (κ3) is 2.49. The van der Waals surface area contributed by atoms with E-state index in [9.17, 15) is 14.7 Å². The van der Waals surface area contributed by atoms with Crippen molar-refractivity contribution >= 4 is 11.9 Å². The van der Waals surface area contributed by atoms with Crippen LogP contribution in [0.25, 0.3) is 0 Å². The largest absolute Gasteiger partial charge is 0.507 e. The van der Waals surface area contributed by atoms with Crippen molar-refractivity contribution in [2.24, 2.45) is 12.0 Å². The van der Waals surface area contributed by atoms with Gasteiger partial charge in [-0.15, -0.1) is 0 Å². The molecule has 0 aromatic carbocycles. The Bertz CT molecular complexity index is 643. The van der Waals surface area contributed by atoms with Crippen LogP contribution in [-0.4, -0.2) is 28.1 Å². The summed E-state index contributed by atoms with van der Waals surface area (Å²) in [6.07, 6.45) is 3.41. The van der Waals surface area contributed by atoms with E-state index in [-0.39, 0.29) is 17.3 Å². The van der Waals surface area contributed by atoms with E-state index in [2.05, 4.69) is 15.6 Å². The van der Waals surface area contributed by atoms with Gasteiger partial charge in [-0.1, -0.05) is 0 Å². The van der Waals surface area contributed by atoms with Crippen LogP contribution in [0, 0.1) is 6.92 Å². The van der Waals surface area contributed by atoms with E-state index in [0.29, 0.717) is 12.2 Å². The minimum absolute atomic E-state index is 0.245. The third-order valence-electron chi connectivity index (χ3n) is 2.80. The fraction of sp³-hybridized carbons (Fsp3) is 0.250. The monoisotopic (exact) mass is 262 g/mol. The molecular weight excluding hydrogens is 248 g/mol. The van der Waals surface area contributed by atoms with Crippen LogP contribution in [0.4, 0.5) is 0 Å². The Morgan fingerprint density at radius 3 is 2.95 bits per heavy atom. The number of nitrogens with zero attached hydrogens (tertiary/aromatic N) is 2. The van der Waals surface area contributed by atoms with Crippen molar-refractivity contribution in [3.8, 4) is 5.75 Å². The van der Waals surface area contributed by atoms with Crippen molar-refractivity contribution in [3.05, 3.63) is 40.0 Å². The van der Waals surface area contributed by atoms with Gasteiger partial charge in [0.25, 0.3) is 11.5 Å². The fourth-order valence-electron chi connectivity index (χ4n) is 1.64. The van der Waals surface area contributed by atoms with Gasteiger partial charge in [-0.2, -0.15) is 0 Å². The van der Waals surface area contributed by atoms with Gasteiger partial charge >= 0.3 is 0 Å². The zero-order valence-electron chi connectivity index (χ0n) is 10.6. The molecule has 0 aliphatic carbocycles. The van der Waals surface area contributed by atoms with Crippen molar-refractivity contribution in [3.63, 3.8) is 0 Å². The normalized spacial score (nSPS) is 13.7. The average molecular weight is 262 g/mol. The van der Waals surface area contributed by atoms with Gasteiger partial charge in [-0.05, 0) is 13.0 Å². The molecule has 0 bridgehead atoms. The summed E-state index contributed by atoms with van der Waals surface area (Å²) in [7, 11) is 1.53. The van der Waals surface area contributed by atoms with E-state index < -0.39 is 11.5 Å². The number of hydrogen-bond donors (Lipinski definition) is 3. The average Bonchev–Trinajstić information content (AvgIpc) is 2.37. The smallest absolute Gasteiger partial charge is 0.267 e. The standard InChI is InChI=1S/C12H14N4O3/c1-7-6-8(17)9(11(19)16(7)2)10(18)15-12-13-4-3-5-14-12/h3-4,6,17H,5H2,1-2H3,(H2,13,14,15,18). The fourth-order valence-corrected chi connectivity index (χ4v) is 1.64. The molecule has 1 aliphatic heterocycles. The Morgan fingerprint density at radius 2 is 2.32 bits per heavy atom. The summed E-state index contributed by atoms with van der Waals surface area (Å²) in [5.74, 6) is -0.792. The number of amides is 1. The van der Waals surface area contributed by atoms with Gasteiger partial charge < -0.3 is 15.0 Å². The predicted octanol–water partition coefficient (Wildman–Crippen LogP) is -0.398. The summed E-state index contributed by atoms with van der Waals surface area (Å²) in [4.78, 5) is 27.9. The zero-order valence-corrected chi connectivity index (χ0v) is 10.6. The van der Waals surface area contributed by atoms with Crippen molar-refractivity contribution in [1.82, 2.24) is 15.2 Å². The lowest BCUT2D eigenvalue weighted by molar-refractivity contribution is 0.0971. The Morgan fingerprint density at radius 1 is 1.58 bits per heavy atom. The molecule has 100 valence electrons. The summed E-state index contributed by atoms with van der Waals surface area (Å²) in [6, 6.07) is 1.37. The quantitative estimate of drug-likeness (QED) is 0.642. The summed E-state index contributed by atoms with van der Waals surface area (Å²) in [5.41, 5.74) is -0.288. The number of aliphatic imine (C=N–C) groups is 1. The van der Waals surface area contributed by atoms with Crippen LogP contribution in [0.2, 0.25) is 0 Å². The van der Waals surface area contributed by atoms with Gasteiger partial charge in [0.05, 0.1) is 6.54 Å². The number of rotatable bonds is 1. The topological polar surface area (TPSA) is 95.7 Å². The molecule has 2 heterocycles. The highest BCUT2D eigenvalue weighted by molar-refractivity contribution is 6.07. The molecule has 0 atom stereocenters. The summed E-state index contributed by atoms with van der Waals surface area (Å²) >= 11 is 0. The summed E-state index contributed by atoms with van der Waals surface area (Å²) in [5, 5.41) is 14.9. The molecule has 0 unspecified atom stereocenters. The molecule has 19 heavy (non-hydrogen) atoms. The van der Waals surface area contributed by atoms with Crippen molar-refractivity contribution in [2.75, 3.05) is 6.54 Å². The Balaban J connectivity index is 2.32. The van der Waals surface area contributed by atoms with E-state index in [1.807, 2.05) is 0 Å². The van der Waals surface area contributed by atoms with Gasteiger partial charge in [0.1, 0.15) is 11.3 Å². The number of aromatic nitrogens is 1. The van der Waals surface area contributed by atoms with Gasteiger partial charge in [0, 0.05) is 25.0 Å². The maximum Gasteiger partial charge on any atom is 0.267 e. The second kappa shape index (κ2) is 4.97. The van der Waals surface area contributed by atoms with E-state index in [1.54, 1.807) is 19.2 Å². The van der Waals surface area contributed by atoms with Gasteiger partial charge in [-0.3, -0.25) is 14.9 Å². The molecule has 1 aromatic rings. The number of pyridine rings is 1. The van der Waals surface area contributed by atoms with E-state index in [4.69, 9.17) is 0 Å². The number of nitrogens with one attached hydrogen (secondary N) is 2. The molecular formula is C12H14N4O3. The van der Waals surface area contributed by atoms with Crippen LogP contribution >= 0.6 is 0 Å². The van der Waals surface area contributed by atoms with Crippen LogP contribution in [-0.2, 0) is 7.05 Å². The van der Waals surface area contributed by atoms with Crippen LogP contribution in [0.1, 0.15) is 16.1 Å². The molecule has 1 aliphatic rings. The van der Waals surface area contributed by atoms with Crippen LogP contribution in [0.3, 0.4) is 0 Å². The Hall–Kier alpha value is -2.57. The first-order valence-corrected chi connectivity index (χ1v) is 5.67. The lowest BCUT2D eigenvalue weighted by Gasteiger charge is -2.12. The Kier molecular flexibility index (Phi) is 3.37. The van der Waals surface area contributed by atoms with Crippen molar-refractivity contribution < 1.29 is 9.90 Å². The second-order valence-corrected chi connectivity index (χ2v) is 4.10. The lowest BCUT2D eigenvalue weighted by Crippen LogP contribution is -2.42. The molecule has 0 fully saturated rings. The molecule has 0 saturated carbocycles. The van der Waals surface area contributed by atoms with Crippen molar-refractivity contribution in [2.45, 2.75) is 6.92 Å². The first-order chi connectivity index (χ1) is 9.00. The van der Waals surface area contributed by atoms with E-state index in [0.717, 1.165) is 0 Å². The highest BCUT2D eigenvalue weighted by Crippen LogP contribution is 2.13. The number of aromatic hydroxyl groups is 1. The van der Waals surface area contributed by atoms with Crippen molar-refractivity contribution in [1.29, 1.82) is 0 Å². The summed E-state index contributed by atoms with van der Waals surface area (Å²) in [6.45, 7) is 2.11. The number of guanidine groups is 1. The molecule has 2 rings (SSSR count). The number of aryl methyl sites for hydroxylation is 1. The predicted molar refractivity (Wildman–Crippen MR) is 70.1 cm³/mol. The van der Waals surface area contributed by atoms with E-state index >= 15 is 0 Å². The van der Waals surface area contributed by atoms with Gasteiger partial charge in [0.2, 0.25) is 5.96 Å². The first-order valence-electron chi connectivity index (χ1n) is 5.67. The molecule has 7 heteroatoms. The number of hydrogen-bond acceptors (Lipinski definition) is 5. The SMILES string of the molecule is Cc1cc(O)c(C(=O)NC2=NCC=CN2)c(=O)n1C. The molecule has 3 N–H and O–H groups in total. The molecule has 0 saturated heterocycles. The highest BCUT2D eigenvalue weighted by atomic mass is 16.3. The minimum atomic E-state index is -0.695. The zero-order chi connectivity index (χ0) is 14.0. The Labute approximate surface area is 109 Å². The molecule has 0 radical (unpaired) electrons. The van der Waals surface area contributed by atoms with Gasteiger partial charge in [-0.25, -0.2) is 4.99 Å². The molecule has 1 amide bonds. The lowest BCUT2D eigenvalue weighted by atomic mass is 10.2. The second-order valence-electron chi connectivity index (χ2n) is 4.10. The number of carbonyl (C=O) groups excluding carboxylic acids is 1. The summed E-state index contributed by atoms with van der Waals surface area (Å²) < 4.78 is 1.30. The third-order valence-corrected chi connectivity index (χ3v) is 2.80. The molecule has 0 spiro atoms. The van der Waals surface area contributed by atoms with Crippen LogP contribution in [0.15, 0.2) is 28.1 Å². The van der Waals surface area contributed by atoms with E-state index in [1.165, 1.54) is 17.7 Å². The van der Waals surface area contributed by atoms with Crippen LogP contribution in [0.5, 0.6) is 5.75 Å². The maximum absolute atomic E-state index is 12.0. The first kappa shape index (κ1) is 12.9. The minimum Gasteiger partial charge on any atom is -0.507 e.